The van der Waals surface area contributed by atoms with Gasteiger partial charge in [-0.15, -0.1) is 0 Å². The first-order valence-electron chi connectivity index (χ1n) is 6.34. The zero-order valence-corrected chi connectivity index (χ0v) is 11.3. The minimum absolute atomic E-state index is 0.205. The van der Waals surface area contributed by atoms with Crippen LogP contribution in [-0.4, -0.2) is 29.1 Å². The standard InChI is InChI=1S/C14H12N4O3/c1-8-4-11-12(21-3-2-20-11)5-9(8)14(19)18-13-10(6-15)16-7-17-13/h4-5,7H,2-3H2,1H3,(H,16,17)(H,18,19). The van der Waals surface area contributed by atoms with Crippen LogP contribution in [0.15, 0.2) is 18.5 Å². The van der Waals surface area contributed by atoms with Gasteiger partial charge in [-0.3, -0.25) is 4.79 Å². The summed E-state index contributed by atoms with van der Waals surface area (Å²) in [6.07, 6.45) is 1.35. The fraction of sp³-hybridized carbons (Fsp3) is 0.214. The van der Waals surface area contributed by atoms with Gasteiger partial charge in [-0.05, 0) is 24.6 Å². The van der Waals surface area contributed by atoms with Gasteiger partial charge in [-0.1, -0.05) is 0 Å². The van der Waals surface area contributed by atoms with Crippen molar-refractivity contribution in [2.45, 2.75) is 6.92 Å². The molecule has 0 saturated carbocycles. The average molecular weight is 284 g/mol. The molecule has 1 aromatic heterocycles. The molecule has 0 saturated heterocycles. The summed E-state index contributed by atoms with van der Waals surface area (Å²) in [5.74, 6) is 1.03. The number of nitrogens with one attached hydrogen (secondary N) is 2. The summed E-state index contributed by atoms with van der Waals surface area (Å²) in [7, 11) is 0. The third-order valence-electron chi connectivity index (χ3n) is 3.12. The largest absolute Gasteiger partial charge is 0.486 e. The van der Waals surface area contributed by atoms with E-state index < -0.39 is 0 Å². The summed E-state index contributed by atoms with van der Waals surface area (Å²) >= 11 is 0. The lowest BCUT2D eigenvalue weighted by Gasteiger charge is -2.20. The van der Waals surface area contributed by atoms with E-state index >= 15 is 0 Å². The molecule has 0 aliphatic carbocycles. The minimum atomic E-state index is -0.354. The fourth-order valence-corrected chi connectivity index (χ4v) is 2.08. The zero-order valence-electron chi connectivity index (χ0n) is 11.3. The number of aromatic amines is 1. The molecule has 1 aromatic carbocycles. The Hall–Kier alpha value is -3.01. The van der Waals surface area contributed by atoms with Gasteiger partial charge in [0.15, 0.2) is 23.0 Å². The minimum Gasteiger partial charge on any atom is -0.486 e. The maximum atomic E-state index is 12.3. The number of aryl methyl sites for hydroxylation is 1. The van der Waals surface area contributed by atoms with Gasteiger partial charge in [-0.25, -0.2) is 4.98 Å². The monoisotopic (exact) mass is 284 g/mol. The summed E-state index contributed by atoms with van der Waals surface area (Å²) in [6.45, 7) is 2.76. The number of benzene rings is 1. The van der Waals surface area contributed by atoms with Crippen molar-refractivity contribution in [3.8, 4) is 17.6 Å². The number of fused-ring (bicyclic) bond motifs is 1. The molecular weight excluding hydrogens is 272 g/mol. The molecule has 1 amide bonds. The van der Waals surface area contributed by atoms with Crippen LogP contribution in [0.1, 0.15) is 21.6 Å². The molecule has 0 spiro atoms. The molecule has 0 bridgehead atoms. The molecular formula is C14H12N4O3. The highest BCUT2D eigenvalue weighted by molar-refractivity contribution is 6.05. The SMILES string of the molecule is Cc1cc2c(cc1C(=O)Nc1nc[nH]c1C#N)OCCO2. The summed E-state index contributed by atoms with van der Waals surface area (Å²) in [6, 6.07) is 5.32. The first kappa shape index (κ1) is 13.0. The maximum absolute atomic E-state index is 12.3. The molecule has 0 unspecified atom stereocenters. The van der Waals surface area contributed by atoms with Gasteiger partial charge in [-0.2, -0.15) is 5.26 Å². The van der Waals surface area contributed by atoms with E-state index in [-0.39, 0.29) is 17.4 Å². The van der Waals surface area contributed by atoms with Crippen LogP contribution in [0.3, 0.4) is 0 Å². The lowest BCUT2D eigenvalue weighted by atomic mass is 10.1. The number of nitrogens with zero attached hydrogens (tertiary/aromatic N) is 2. The lowest BCUT2D eigenvalue weighted by Crippen LogP contribution is -2.18. The number of carbonyl (C=O) groups is 1. The number of rotatable bonds is 2. The highest BCUT2D eigenvalue weighted by atomic mass is 16.6. The number of anilines is 1. The highest BCUT2D eigenvalue weighted by Gasteiger charge is 2.19. The van der Waals surface area contributed by atoms with Crippen molar-refractivity contribution in [3.05, 3.63) is 35.3 Å². The van der Waals surface area contributed by atoms with Gasteiger partial charge in [0, 0.05) is 5.56 Å². The van der Waals surface area contributed by atoms with Gasteiger partial charge in [0.2, 0.25) is 0 Å². The predicted molar refractivity (Wildman–Crippen MR) is 73.4 cm³/mol. The van der Waals surface area contributed by atoms with Crippen LogP contribution in [0, 0.1) is 18.3 Å². The van der Waals surface area contributed by atoms with E-state index in [4.69, 9.17) is 14.7 Å². The Labute approximate surface area is 120 Å². The fourth-order valence-electron chi connectivity index (χ4n) is 2.08. The number of hydrogen-bond donors (Lipinski definition) is 2. The van der Waals surface area contributed by atoms with Crippen molar-refractivity contribution in [1.29, 1.82) is 5.26 Å². The molecule has 0 radical (unpaired) electrons. The number of imidazole rings is 1. The van der Waals surface area contributed by atoms with E-state index in [9.17, 15) is 4.79 Å². The van der Waals surface area contributed by atoms with E-state index in [1.807, 2.05) is 13.0 Å². The molecule has 7 nitrogen and oxygen atoms in total. The first-order valence-corrected chi connectivity index (χ1v) is 6.34. The quantitative estimate of drug-likeness (QED) is 0.872. The number of nitriles is 1. The Balaban J connectivity index is 1.90. The second kappa shape index (κ2) is 5.17. The van der Waals surface area contributed by atoms with Crippen LogP contribution >= 0.6 is 0 Å². The van der Waals surface area contributed by atoms with Crippen LogP contribution in [-0.2, 0) is 0 Å². The van der Waals surface area contributed by atoms with Crippen LogP contribution in [0.4, 0.5) is 5.82 Å². The summed E-state index contributed by atoms with van der Waals surface area (Å²) in [4.78, 5) is 18.9. The highest BCUT2D eigenvalue weighted by Crippen LogP contribution is 2.33. The molecule has 106 valence electrons. The Morgan fingerprint density at radius 3 is 2.81 bits per heavy atom. The molecule has 2 N–H and O–H groups in total. The van der Waals surface area contributed by atoms with Crippen molar-refractivity contribution in [1.82, 2.24) is 9.97 Å². The number of ether oxygens (including phenoxy) is 2. The van der Waals surface area contributed by atoms with E-state index in [1.54, 1.807) is 12.1 Å². The van der Waals surface area contributed by atoms with Crippen molar-refractivity contribution in [2.24, 2.45) is 0 Å². The van der Waals surface area contributed by atoms with Gasteiger partial charge in [0.25, 0.3) is 5.91 Å². The molecule has 3 rings (SSSR count). The second-order valence-corrected chi connectivity index (χ2v) is 4.50. The molecule has 0 fully saturated rings. The number of hydrogen-bond acceptors (Lipinski definition) is 5. The summed E-state index contributed by atoms with van der Waals surface area (Å²) in [5, 5.41) is 11.5. The van der Waals surface area contributed by atoms with Gasteiger partial charge >= 0.3 is 0 Å². The van der Waals surface area contributed by atoms with Crippen molar-refractivity contribution in [2.75, 3.05) is 18.5 Å². The van der Waals surface area contributed by atoms with E-state index in [0.29, 0.717) is 30.3 Å². The van der Waals surface area contributed by atoms with E-state index in [1.165, 1.54) is 6.33 Å². The Bertz CT molecular complexity index is 745. The number of amides is 1. The zero-order chi connectivity index (χ0) is 14.8. The summed E-state index contributed by atoms with van der Waals surface area (Å²) < 4.78 is 10.9. The van der Waals surface area contributed by atoms with E-state index in [2.05, 4.69) is 15.3 Å². The van der Waals surface area contributed by atoms with Crippen LogP contribution in [0.5, 0.6) is 11.5 Å². The van der Waals surface area contributed by atoms with E-state index in [0.717, 1.165) is 5.56 Å². The van der Waals surface area contributed by atoms with Crippen molar-refractivity contribution in [3.63, 3.8) is 0 Å². The number of H-pyrrole nitrogens is 1. The molecule has 2 heterocycles. The Morgan fingerprint density at radius 1 is 1.38 bits per heavy atom. The number of carbonyl (C=O) groups excluding carboxylic acids is 1. The second-order valence-electron chi connectivity index (χ2n) is 4.50. The predicted octanol–water partition coefficient (Wildman–Crippen LogP) is 1.61. The summed E-state index contributed by atoms with van der Waals surface area (Å²) in [5.41, 5.74) is 1.41. The van der Waals surface area contributed by atoms with Crippen molar-refractivity contribution >= 4 is 11.7 Å². The Morgan fingerprint density at radius 2 is 2.10 bits per heavy atom. The van der Waals surface area contributed by atoms with Crippen molar-refractivity contribution < 1.29 is 14.3 Å². The van der Waals surface area contributed by atoms with Crippen LogP contribution in [0.2, 0.25) is 0 Å². The molecule has 0 atom stereocenters. The molecule has 2 aromatic rings. The molecule has 1 aliphatic rings. The third-order valence-corrected chi connectivity index (χ3v) is 3.12. The normalized spacial score (nSPS) is 12.6. The molecule has 21 heavy (non-hydrogen) atoms. The molecule has 7 heteroatoms. The van der Waals surface area contributed by atoms with Gasteiger partial charge in [0.05, 0.1) is 6.33 Å². The average Bonchev–Trinajstić information content (AvgIpc) is 2.93. The van der Waals surface area contributed by atoms with Gasteiger partial charge < -0.3 is 19.8 Å². The van der Waals surface area contributed by atoms with Crippen LogP contribution in [0.25, 0.3) is 0 Å². The number of aromatic nitrogens is 2. The van der Waals surface area contributed by atoms with Crippen LogP contribution < -0.4 is 14.8 Å². The topological polar surface area (TPSA) is 100 Å². The third kappa shape index (κ3) is 2.39. The smallest absolute Gasteiger partial charge is 0.257 e. The Kier molecular flexibility index (Phi) is 3.20. The lowest BCUT2D eigenvalue weighted by molar-refractivity contribution is 0.102. The molecule has 1 aliphatic heterocycles. The first-order chi connectivity index (χ1) is 10.2. The van der Waals surface area contributed by atoms with Gasteiger partial charge in [0.1, 0.15) is 19.3 Å². The maximum Gasteiger partial charge on any atom is 0.257 e.